The minimum Gasteiger partial charge on any atom is -0.500 e. The van der Waals surface area contributed by atoms with Crippen LogP contribution in [-0.4, -0.2) is 36.6 Å². The Balaban J connectivity index is 1.97. The van der Waals surface area contributed by atoms with Crippen molar-refractivity contribution in [2.24, 2.45) is 0 Å². The summed E-state index contributed by atoms with van der Waals surface area (Å²) in [4.78, 5) is 22.3. The van der Waals surface area contributed by atoms with E-state index in [9.17, 15) is 4.79 Å². The Labute approximate surface area is 149 Å². The Hall–Kier alpha value is -2.93. The molecule has 1 N–H and O–H groups in total. The number of hydrogen-bond donors (Lipinski definition) is 1. The highest BCUT2D eigenvalue weighted by Gasteiger charge is 2.18. The van der Waals surface area contributed by atoms with Crippen LogP contribution in [0.5, 0.6) is 5.75 Å². The van der Waals surface area contributed by atoms with Gasteiger partial charge >= 0.3 is 0 Å². The lowest BCUT2D eigenvalue weighted by atomic mass is 10.1. The van der Waals surface area contributed by atoms with Crippen molar-refractivity contribution in [1.29, 1.82) is 0 Å². The van der Waals surface area contributed by atoms with Crippen molar-refractivity contribution in [2.45, 2.75) is 0 Å². The van der Waals surface area contributed by atoms with E-state index in [1.54, 1.807) is 17.5 Å². The maximum Gasteiger partial charge on any atom is 0.274 e. The first-order valence-corrected chi connectivity index (χ1v) is 8.39. The summed E-state index contributed by atoms with van der Waals surface area (Å²) >= 11 is 1.62. The lowest BCUT2D eigenvalue weighted by molar-refractivity contribution is 0.0942. The molecule has 0 unspecified atom stereocenters. The van der Waals surface area contributed by atoms with Gasteiger partial charge in [0, 0.05) is 5.39 Å². The number of thiophene rings is 1. The minimum atomic E-state index is -0.362. The maximum atomic E-state index is 12.4. The van der Waals surface area contributed by atoms with Gasteiger partial charge in [0.25, 0.3) is 5.91 Å². The van der Waals surface area contributed by atoms with E-state index in [1.807, 2.05) is 29.6 Å². The topological polar surface area (TPSA) is 73.3 Å². The SMILES string of the molecule is C=C(CNC(=O)c1ncc2nc(-c3cccs3)ccc2c1OC)OC. The number of rotatable bonds is 6. The average molecular weight is 355 g/mol. The number of nitrogens with one attached hydrogen (secondary N) is 1. The highest BCUT2D eigenvalue weighted by Crippen LogP contribution is 2.30. The number of ether oxygens (including phenoxy) is 2. The second-order valence-corrected chi connectivity index (χ2v) is 6.12. The zero-order valence-corrected chi connectivity index (χ0v) is 14.7. The van der Waals surface area contributed by atoms with Crippen molar-refractivity contribution >= 4 is 28.1 Å². The van der Waals surface area contributed by atoms with Gasteiger partial charge in [-0.05, 0) is 23.6 Å². The summed E-state index contributed by atoms with van der Waals surface area (Å²) < 4.78 is 10.4. The second kappa shape index (κ2) is 7.31. The average Bonchev–Trinajstić information content (AvgIpc) is 3.19. The first-order valence-electron chi connectivity index (χ1n) is 7.51. The van der Waals surface area contributed by atoms with Gasteiger partial charge in [-0.15, -0.1) is 11.3 Å². The molecule has 7 heteroatoms. The molecule has 0 spiro atoms. The highest BCUT2D eigenvalue weighted by atomic mass is 32.1. The Bertz CT molecular complexity index is 923. The lowest BCUT2D eigenvalue weighted by Crippen LogP contribution is -2.27. The number of amides is 1. The Morgan fingerprint density at radius 2 is 2.16 bits per heavy atom. The van der Waals surface area contributed by atoms with Gasteiger partial charge in [-0.1, -0.05) is 12.6 Å². The van der Waals surface area contributed by atoms with E-state index in [4.69, 9.17) is 9.47 Å². The summed E-state index contributed by atoms with van der Waals surface area (Å²) in [6.45, 7) is 3.87. The van der Waals surface area contributed by atoms with E-state index in [0.717, 1.165) is 16.0 Å². The fraction of sp³-hybridized carbons (Fsp3) is 0.167. The highest BCUT2D eigenvalue weighted by molar-refractivity contribution is 7.13. The molecule has 0 aliphatic carbocycles. The van der Waals surface area contributed by atoms with Gasteiger partial charge in [-0.3, -0.25) is 4.79 Å². The summed E-state index contributed by atoms with van der Waals surface area (Å²) in [6, 6.07) is 7.79. The standard InChI is InChI=1S/C18H17N3O3S/c1-11(23-2)9-20-18(22)16-17(24-3)12-6-7-13(15-5-4-8-25-15)21-14(12)10-19-16/h4-8,10H,1,9H2,2-3H3,(H,20,22). The third kappa shape index (κ3) is 3.46. The van der Waals surface area contributed by atoms with Gasteiger partial charge in [0.1, 0.15) is 5.76 Å². The van der Waals surface area contributed by atoms with Crippen LogP contribution >= 0.6 is 11.3 Å². The molecule has 0 aliphatic heterocycles. The molecule has 6 nitrogen and oxygen atoms in total. The molecule has 3 aromatic rings. The van der Waals surface area contributed by atoms with Crippen LogP contribution < -0.4 is 10.1 Å². The molecule has 0 fully saturated rings. The molecule has 1 amide bonds. The summed E-state index contributed by atoms with van der Waals surface area (Å²) in [5.41, 5.74) is 1.73. The molecule has 0 saturated heterocycles. The van der Waals surface area contributed by atoms with Crippen molar-refractivity contribution in [3.05, 3.63) is 53.9 Å². The zero-order chi connectivity index (χ0) is 17.8. The fourth-order valence-corrected chi connectivity index (χ4v) is 3.04. The third-order valence-corrected chi connectivity index (χ3v) is 4.52. The van der Waals surface area contributed by atoms with E-state index >= 15 is 0 Å². The smallest absolute Gasteiger partial charge is 0.274 e. The van der Waals surface area contributed by atoms with Crippen LogP contribution in [0, 0.1) is 0 Å². The largest absolute Gasteiger partial charge is 0.500 e. The Kier molecular flexibility index (Phi) is 4.95. The number of aromatic nitrogens is 2. The first-order chi connectivity index (χ1) is 12.1. The molecule has 0 atom stereocenters. The number of fused-ring (bicyclic) bond motifs is 1. The third-order valence-electron chi connectivity index (χ3n) is 3.63. The van der Waals surface area contributed by atoms with E-state index < -0.39 is 0 Å². The summed E-state index contributed by atoms with van der Waals surface area (Å²) in [5, 5.41) is 5.43. The quantitative estimate of drug-likeness (QED) is 0.687. The molecule has 25 heavy (non-hydrogen) atoms. The summed E-state index contributed by atoms with van der Waals surface area (Å²) in [7, 11) is 3.01. The molecule has 3 aromatic heterocycles. The van der Waals surface area contributed by atoms with Gasteiger partial charge in [0.15, 0.2) is 11.4 Å². The molecule has 0 aliphatic rings. The normalized spacial score (nSPS) is 10.5. The molecule has 3 rings (SSSR count). The summed E-state index contributed by atoms with van der Waals surface area (Å²) in [5.74, 6) is 0.484. The van der Waals surface area contributed by atoms with Crippen LogP contribution in [0.2, 0.25) is 0 Å². The number of carbonyl (C=O) groups excluding carboxylic acids is 1. The first kappa shape index (κ1) is 16.9. The minimum absolute atomic E-state index is 0.199. The number of pyridine rings is 2. The van der Waals surface area contributed by atoms with Crippen molar-refractivity contribution in [3.63, 3.8) is 0 Å². The summed E-state index contributed by atoms with van der Waals surface area (Å²) in [6.07, 6.45) is 1.58. The zero-order valence-electron chi connectivity index (χ0n) is 13.9. The molecule has 128 valence electrons. The van der Waals surface area contributed by atoms with E-state index in [-0.39, 0.29) is 18.1 Å². The lowest BCUT2D eigenvalue weighted by Gasteiger charge is -2.12. The monoisotopic (exact) mass is 355 g/mol. The van der Waals surface area contributed by atoms with Crippen molar-refractivity contribution < 1.29 is 14.3 Å². The van der Waals surface area contributed by atoms with Gasteiger partial charge in [0.05, 0.1) is 43.0 Å². The van der Waals surface area contributed by atoms with Crippen LogP contribution in [0.3, 0.4) is 0 Å². The van der Waals surface area contributed by atoms with Crippen LogP contribution in [0.15, 0.2) is 48.2 Å². The molecule has 0 aromatic carbocycles. The molecular formula is C18H17N3O3S. The van der Waals surface area contributed by atoms with Gasteiger partial charge in [-0.2, -0.15) is 0 Å². The fourth-order valence-electron chi connectivity index (χ4n) is 2.34. The van der Waals surface area contributed by atoms with Gasteiger partial charge in [0.2, 0.25) is 0 Å². The Morgan fingerprint density at radius 1 is 1.32 bits per heavy atom. The number of carbonyl (C=O) groups is 1. The maximum absolute atomic E-state index is 12.4. The molecule has 0 radical (unpaired) electrons. The van der Waals surface area contributed by atoms with E-state index in [1.165, 1.54) is 14.2 Å². The predicted octanol–water partition coefficient (Wildman–Crippen LogP) is 3.26. The molecule has 0 saturated carbocycles. The second-order valence-electron chi connectivity index (χ2n) is 5.17. The molecular weight excluding hydrogens is 338 g/mol. The number of nitrogens with zero attached hydrogens (tertiary/aromatic N) is 2. The molecule has 3 heterocycles. The van der Waals surface area contributed by atoms with Crippen molar-refractivity contribution in [2.75, 3.05) is 20.8 Å². The van der Waals surface area contributed by atoms with Crippen molar-refractivity contribution in [1.82, 2.24) is 15.3 Å². The number of methoxy groups -OCH3 is 2. The molecule has 0 bridgehead atoms. The Morgan fingerprint density at radius 3 is 2.84 bits per heavy atom. The van der Waals surface area contributed by atoms with E-state index in [2.05, 4.69) is 21.9 Å². The van der Waals surface area contributed by atoms with Gasteiger partial charge < -0.3 is 14.8 Å². The van der Waals surface area contributed by atoms with Crippen LogP contribution in [0.4, 0.5) is 0 Å². The van der Waals surface area contributed by atoms with Crippen LogP contribution in [0.1, 0.15) is 10.5 Å². The van der Waals surface area contributed by atoms with Crippen LogP contribution in [-0.2, 0) is 4.74 Å². The number of hydrogen-bond acceptors (Lipinski definition) is 6. The van der Waals surface area contributed by atoms with E-state index in [0.29, 0.717) is 17.0 Å². The van der Waals surface area contributed by atoms with Gasteiger partial charge in [-0.25, -0.2) is 9.97 Å². The van der Waals surface area contributed by atoms with Crippen molar-refractivity contribution in [3.8, 4) is 16.3 Å². The predicted molar refractivity (Wildman–Crippen MR) is 97.9 cm³/mol. The van der Waals surface area contributed by atoms with Crippen LogP contribution in [0.25, 0.3) is 21.5 Å².